The highest BCUT2D eigenvalue weighted by Gasteiger charge is 2.08. The summed E-state index contributed by atoms with van der Waals surface area (Å²) in [5, 5.41) is 10.6. The average molecular weight is 251 g/mol. The standard InChI is InChI=1S/C13H17NO4/c1-8-4-9(2)10(3)11(5-8)18-7-12(15)14-6-13(16)17/h4-5H,6-7H2,1-3H3,(H,14,15)(H,16,17). The molecule has 1 amide bonds. The van der Waals surface area contributed by atoms with Gasteiger partial charge in [0.2, 0.25) is 0 Å². The summed E-state index contributed by atoms with van der Waals surface area (Å²) in [6.07, 6.45) is 0. The van der Waals surface area contributed by atoms with E-state index in [4.69, 9.17) is 9.84 Å². The fourth-order valence-electron chi connectivity index (χ4n) is 1.52. The Morgan fingerprint density at radius 3 is 2.56 bits per heavy atom. The number of hydrogen-bond donors (Lipinski definition) is 2. The molecule has 1 aromatic rings. The van der Waals surface area contributed by atoms with Crippen LogP contribution < -0.4 is 10.1 Å². The molecule has 0 radical (unpaired) electrons. The molecule has 0 aliphatic rings. The molecule has 2 N–H and O–H groups in total. The van der Waals surface area contributed by atoms with E-state index in [2.05, 4.69) is 5.32 Å². The summed E-state index contributed by atoms with van der Waals surface area (Å²) < 4.78 is 5.39. The smallest absolute Gasteiger partial charge is 0.322 e. The van der Waals surface area contributed by atoms with Crippen molar-refractivity contribution in [3.8, 4) is 5.75 Å². The molecule has 0 bridgehead atoms. The molecular formula is C13H17NO4. The van der Waals surface area contributed by atoms with Crippen molar-refractivity contribution in [2.45, 2.75) is 20.8 Å². The Balaban J connectivity index is 2.58. The number of carbonyl (C=O) groups excluding carboxylic acids is 1. The minimum absolute atomic E-state index is 0.184. The van der Waals surface area contributed by atoms with Gasteiger partial charge in [-0.05, 0) is 43.5 Å². The van der Waals surface area contributed by atoms with Crippen LogP contribution in [0.4, 0.5) is 0 Å². The number of rotatable bonds is 5. The van der Waals surface area contributed by atoms with E-state index in [0.717, 1.165) is 16.7 Å². The number of ether oxygens (including phenoxy) is 1. The van der Waals surface area contributed by atoms with Crippen molar-refractivity contribution in [2.75, 3.05) is 13.2 Å². The molecule has 0 saturated heterocycles. The van der Waals surface area contributed by atoms with E-state index in [1.165, 1.54) is 0 Å². The summed E-state index contributed by atoms with van der Waals surface area (Å²) in [5.74, 6) is -0.875. The molecule has 98 valence electrons. The van der Waals surface area contributed by atoms with Gasteiger partial charge in [0.25, 0.3) is 5.91 Å². The summed E-state index contributed by atoms with van der Waals surface area (Å²) >= 11 is 0. The first-order chi connectivity index (χ1) is 8.40. The minimum atomic E-state index is -1.08. The van der Waals surface area contributed by atoms with E-state index >= 15 is 0 Å². The lowest BCUT2D eigenvalue weighted by Gasteiger charge is -2.12. The van der Waals surface area contributed by atoms with E-state index in [-0.39, 0.29) is 6.61 Å². The molecular weight excluding hydrogens is 234 g/mol. The summed E-state index contributed by atoms with van der Waals surface area (Å²) in [6, 6.07) is 3.89. The van der Waals surface area contributed by atoms with Gasteiger partial charge in [-0.15, -0.1) is 0 Å². The Morgan fingerprint density at radius 1 is 1.28 bits per heavy atom. The first kappa shape index (κ1) is 14.0. The molecule has 5 heteroatoms. The van der Waals surface area contributed by atoms with Crippen LogP contribution in [-0.2, 0) is 9.59 Å². The SMILES string of the molecule is Cc1cc(C)c(C)c(OCC(=O)NCC(=O)O)c1. The summed E-state index contributed by atoms with van der Waals surface area (Å²) in [5.41, 5.74) is 3.13. The topological polar surface area (TPSA) is 75.6 Å². The van der Waals surface area contributed by atoms with Crippen molar-refractivity contribution in [3.63, 3.8) is 0 Å². The average Bonchev–Trinajstić information content (AvgIpc) is 2.29. The second-order valence-electron chi connectivity index (χ2n) is 4.16. The fourth-order valence-corrected chi connectivity index (χ4v) is 1.52. The van der Waals surface area contributed by atoms with Crippen LogP contribution in [0.25, 0.3) is 0 Å². The second kappa shape index (κ2) is 6.05. The molecule has 1 rings (SSSR count). The van der Waals surface area contributed by atoms with Gasteiger partial charge in [-0.3, -0.25) is 9.59 Å². The molecule has 0 fully saturated rings. The quantitative estimate of drug-likeness (QED) is 0.824. The van der Waals surface area contributed by atoms with Gasteiger partial charge in [0, 0.05) is 0 Å². The molecule has 0 aromatic heterocycles. The van der Waals surface area contributed by atoms with Crippen molar-refractivity contribution < 1.29 is 19.4 Å². The molecule has 18 heavy (non-hydrogen) atoms. The van der Waals surface area contributed by atoms with E-state index in [0.29, 0.717) is 5.75 Å². The third-order valence-corrected chi connectivity index (χ3v) is 2.56. The molecule has 1 aromatic carbocycles. The number of carbonyl (C=O) groups is 2. The molecule has 0 saturated carbocycles. The lowest BCUT2D eigenvalue weighted by atomic mass is 10.1. The van der Waals surface area contributed by atoms with Gasteiger partial charge in [0.1, 0.15) is 12.3 Å². The molecule has 0 aliphatic heterocycles. The number of aliphatic carboxylic acids is 1. The normalized spacial score (nSPS) is 9.94. The van der Waals surface area contributed by atoms with Crippen LogP contribution in [0.5, 0.6) is 5.75 Å². The number of nitrogens with one attached hydrogen (secondary N) is 1. The van der Waals surface area contributed by atoms with Gasteiger partial charge in [-0.1, -0.05) is 6.07 Å². The Labute approximate surface area is 106 Å². The maximum Gasteiger partial charge on any atom is 0.322 e. The highest BCUT2D eigenvalue weighted by atomic mass is 16.5. The van der Waals surface area contributed by atoms with Crippen LogP contribution in [-0.4, -0.2) is 30.1 Å². The fraction of sp³-hybridized carbons (Fsp3) is 0.385. The molecule has 0 heterocycles. The van der Waals surface area contributed by atoms with Crippen molar-refractivity contribution >= 4 is 11.9 Å². The second-order valence-corrected chi connectivity index (χ2v) is 4.16. The maximum atomic E-state index is 11.3. The largest absolute Gasteiger partial charge is 0.483 e. The molecule has 0 spiro atoms. The monoisotopic (exact) mass is 251 g/mol. The van der Waals surface area contributed by atoms with Crippen molar-refractivity contribution in [1.82, 2.24) is 5.32 Å². The Kier molecular flexibility index (Phi) is 4.71. The molecule has 5 nitrogen and oxygen atoms in total. The first-order valence-corrected chi connectivity index (χ1v) is 5.59. The van der Waals surface area contributed by atoms with Gasteiger partial charge in [0.05, 0.1) is 0 Å². The van der Waals surface area contributed by atoms with Crippen LogP contribution in [0, 0.1) is 20.8 Å². The third-order valence-electron chi connectivity index (χ3n) is 2.56. The first-order valence-electron chi connectivity index (χ1n) is 5.59. The van der Waals surface area contributed by atoms with E-state index < -0.39 is 18.4 Å². The van der Waals surface area contributed by atoms with Crippen molar-refractivity contribution in [2.24, 2.45) is 0 Å². The number of hydrogen-bond acceptors (Lipinski definition) is 3. The highest BCUT2D eigenvalue weighted by Crippen LogP contribution is 2.22. The number of carboxylic acid groups (broad SMARTS) is 1. The van der Waals surface area contributed by atoms with Crippen molar-refractivity contribution in [1.29, 1.82) is 0 Å². The minimum Gasteiger partial charge on any atom is -0.483 e. The predicted molar refractivity (Wildman–Crippen MR) is 66.8 cm³/mol. The van der Waals surface area contributed by atoms with E-state index in [1.807, 2.05) is 32.9 Å². The van der Waals surface area contributed by atoms with Gasteiger partial charge < -0.3 is 15.2 Å². The van der Waals surface area contributed by atoms with Gasteiger partial charge >= 0.3 is 5.97 Å². The van der Waals surface area contributed by atoms with Crippen LogP contribution in [0.1, 0.15) is 16.7 Å². The predicted octanol–water partition coefficient (Wildman–Crippen LogP) is 1.19. The van der Waals surface area contributed by atoms with Crippen LogP contribution in [0.2, 0.25) is 0 Å². The third kappa shape index (κ3) is 4.08. The summed E-state index contributed by atoms with van der Waals surface area (Å²) in [6.45, 7) is 5.26. The van der Waals surface area contributed by atoms with Crippen LogP contribution in [0.3, 0.4) is 0 Å². The molecule has 0 unspecified atom stereocenters. The van der Waals surface area contributed by atoms with E-state index in [9.17, 15) is 9.59 Å². The zero-order chi connectivity index (χ0) is 13.7. The van der Waals surface area contributed by atoms with E-state index in [1.54, 1.807) is 0 Å². The van der Waals surface area contributed by atoms with Gasteiger partial charge in [-0.2, -0.15) is 0 Å². The number of benzene rings is 1. The lowest BCUT2D eigenvalue weighted by molar-refractivity contribution is -0.138. The summed E-state index contributed by atoms with van der Waals surface area (Å²) in [4.78, 5) is 21.6. The Morgan fingerprint density at radius 2 is 1.94 bits per heavy atom. The Hall–Kier alpha value is -2.04. The summed E-state index contributed by atoms with van der Waals surface area (Å²) in [7, 11) is 0. The van der Waals surface area contributed by atoms with Crippen molar-refractivity contribution in [3.05, 3.63) is 28.8 Å². The highest BCUT2D eigenvalue weighted by molar-refractivity contribution is 5.82. The Bertz CT molecular complexity index is 468. The molecule has 0 aliphatic carbocycles. The molecule has 0 atom stereocenters. The van der Waals surface area contributed by atoms with Gasteiger partial charge in [-0.25, -0.2) is 0 Å². The maximum absolute atomic E-state index is 11.3. The zero-order valence-electron chi connectivity index (χ0n) is 10.7. The zero-order valence-corrected chi connectivity index (χ0v) is 10.7. The van der Waals surface area contributed by atoms with Crippen LogP contribution in [0.15, 0.2) is 12.1 Å². The van der Waals surface area contributed by atoms with Crippen LogP contribution >= 0.6 is 0 Å². The number of carboxylic acids is 1. The lowest BCUT2D eigenvalue weighted by Crippen LogP contribution is -2.33. The number of aryl methyl sites for hydroxylation is 2. The van der Waals surface area contributed by atoms with Gasteiger partial charge in [0.15, 0.2) is 6.61 Å². The number of amides is 1.